The second-order valence-electron chi connectivity index (χ2n) is 4.52. The average Bonchev–Trinajstić information content (AvgIpc) is 2.32. The van der Waals surface area contributed by atoms with E-state index in [2.05, 4.69) is 9.97 Å². The van der Waals surface area contributed by atoms with Gasteiger partial charge in [0.15, 0.2) is 5.16 Å². The van der Waals surface area contributed by atoms with Crippen LogP contribution in [0.15, 0.2) is 40.5 Å². The van der Waals surface area contributed by atoms with Crippen LogP contribution < -0.4 is 5.73 Å². The van der Waals surface area contributed by atoms with E-state index < -0.39 is 0 Å². The summed E-state index contributed by atoms with van der Waals surface area (Å²) in [4.78, 5) is 9.49. The SMILES string of the molecule is Cc1ccnc(Sc2ccc(F)cc2CC(C)N)n1. The van der Waals surface area contributed by atoms with Crippen molar-refractivity contribution in [2.45, 2.75) is 36.4 Å². The van der Waals surface area contributed by atoms with Gasteiger partial charge in [0.25, 0.3) is 0 Å². The molecule has 0 aliphatic rings. The van der Waals surface area contributed by atoms with Crippen molar-refractivity contribution in [3.8, 4) is 0 Å². The van der Waals surface area contributed by atoms with Crippen molar-refractivity contribution in [3.05, 3.63) is 47.5 Å². The Morgan fingerprint density at radius 3 is 2.84 bits per heavy atom. The Balaban J connectivity index is 2.28. The van der Waals surface area contributed by atoms with Gasteiger partial charge in [-0.05, 0) is 61.9 Å². The molecule has 1 atom stereocenters. The molecule has 0 aliphatic heterocycles. The van der Waals surface area contributed by atoms with Crippen LogP contribution in [0.1, 0.15) is 18.2 Å². The molecule has 0 aliphatic carbocycles. The standard InChI is InChI=1S/C14H16FN3S/c1-9(16)7-11-8-12(15)3-4-13(11)19-14-17-6-5-10(2)18-14/h3-6,8-9H,7,16H2,1-2H3. The predicted molar refractivity (Wildman–Crippen MR) is 74.6 cm³/mol. The van der Waals surface area contributed by atoms with Gasteiger partial charge in [0.05, 0.1) is 0 Å². The smallest absolute Gasteiger partial charge is 0.192 e. The molecule has 0 radical (unpaired) electrons. The van der Waals surface area contributed by atoms with Gasteiger partial charge in [-0.25, -0.2) is 14.4 Å². The van der Waals surface area contributed by atoms with Gasteiger partial charge in [-0.15, -0.1) is 0 Å². The molecule has 1 aromatic carbocycles. The van der Waals surface area contributed by atoms with E-state index in [4.69, 9.17) is 5.73 Å². The van der Waals surface area contributed by atoms with Gasteiger partial charge in [0.1, 0.15) is 5.82 Å². The van der Waals surface area contributed by atoms with Crippen molar-refractivity contribution in [1.29, 1.82) is 0 Å². The van der Waals surface area contributed by atoms with Crippen molar-refractivity contribution in [2.24, 2.45) is 5.73 Å². The number of aryl methyl sites for hydroxylation is 1. The fourth-order valence-corrected chi connectivity index (χ4v) is 2.64. The van der Waals surface area contributed by atoms with Crippen molar-refractivity contribution in [2.75, 3.05) is 0 Å². The lowest BCUT2D eigenvalue weighted by molar-refractivity contribution is 0.620. The largest absolute Gasteiger partial charge is 0.328 e. The van der Waals surface area contributed by atoms with Crippen molar-refractivity contribution >= 4 is 11.8 Å². The average molecular weight is 277 g/mol. The third kappa shape index (κ3) is 4.01. The fraction of sp³-hybridized carbons (Fsp3) is 0.286. The first-order valence-corrected chi connectivity index (χ1v) is 6.88. The maximum Gasteiger partial charge on any atom is 0.192 e. The van der Waals surface area contributed by atoms with Crippen LogP contribution in [0.2, 0.25) is 0 Å². The molecule has 0 fully saturated rings. The van der Waals surface area contributed by atoms with Crippen LogP contribution in [-0.2, 0) is 6.42 Å². The molecule has 19 heavy (non-hydrogen) atoms. The minimum absolute atomic E-state index is 0.0143. The highest BCUT2D eigenvalue weighted by molar-refractivity contribution is 7.99. The van der Waals surface area contributed by atoms with Crippen LogP contribution in [0.5, 0.6) is 0 Å². The monoisotopic (exact) mass is 277 g/mol. The van der Waals surface area contributed by atoms with Gasteiger partial charge >= 0.3 is 0 Å². The molecule has 1 aromatic heterocycles. The summed E-state index contributed by atoms with van der Waals surface area (Å²) in [5.41, 5.74) is 7.60. The number of aromatic nitrogens is 2. The van der Waals surface area contributed by atoms with Crippen LogP contribution >= 0.6 is 11.8 Å². The Morgan fingerprint density at radius 2 is 2.16 bits per heavy atom. The molecule has 1 heterocycles. The topological polar surface area (TPSA) is 51.8 Å². The number of halogens is 1. The van der Waals surface area contributed by atoms with E-state index in [0.29, 0.717) is 11.6 Å². The van der Waals surface area contributed by atoms with E-state index in [0.717, 1.165) is 16.2 Å². The molecule has 1 unspecified atom stereocenters. The summed E-state index contributed by atoms with van der Waals surface area (Å²) in [6, 6.07) is 6.56. The molecular weight excluding hydrogens is 261 g/mol. The molecule has 2 rings (SSSR count). The van der Waals surface area contributed by atoms with E-state index in [1.54, 1.807) is 12.3 Å². The number of hydrogen-bond donors (Lipinski definition) is 1. The maximum atomic E-state index is 13.3. The summed E-state index contributed by atoms with van der Waals surface area (Å²) < 4.78 is 13.3. The first kappa shape index (κ1) is 14.0. The number of hydrogen-bond acceptors (Lipinski definition) is 4. The Labute approximate surface area is 116 Å². The van der Waals surface area contributed by atoms with E-state index in [9.17, 15) is 4.39 Å². The molecule has 2 N–H and O–H groups in total. The molecule has 0 amide bonds. The van der Waals surface area contributed by atoms with Crippen molar-refractivity contribution < 1.29 is 4.39 Å². The Kier molecular flexibility index (Phi) is 4.50. The normalized spacial score (nSPS) is 12.4. The molecule has 3 nitrogen and oxygen atoms in total. The quantitative estimate of drug-likeness (QED) is 0.873. The third-order valence-corrected chi connectivity index (χ3v) is 3.54. The van der Waals surface area contributed by atoms with Crippen LogP contribution in [0.4, 0.5) is 4.39 Å². The zero-order valence-corrected chi connectivity index (χ0v) is 11.7. The first-order valence-electron chi connectivity index (χ1n) is 6.06. The number of benzene rings is 1. The molecule has 0 bridgehead atoms. The number of nitrogens with two attached hydrogens (primary N) is 1. The lowest BCUT2D eigenvalue weighted by Crippen LogP contribution is -2.18. The Bertz CT molecular complexity index is 572. The Morgan fingerprint density at radius 1 is 1.37 bits per heavy atom. The van der Waals surface area contributed by atoms with Crippen LogP contribution in [0.3, 0.4) is 0 Å². The van der Waals surface area contributed by atoms with Crippen LogP contribution in [0, 0.1) is 12.7 Å². The summed E-state index contributed by atoms with van der Waals surface area (Å²) >= 11 is 1.43. The van der Waals surface area contributed by atoms with Gasteiger partial charge < -0.3 is 5.73 Å². The van der Waals surface area contributed by atoms with Crippen molar-refractivity contribution in [3.63, 3.8) is 0 Å². The summed E-state index contributed by atoms with van der Waals surface area (Å²) in [5, 5.41) is 0.664. The summed E-state index contributed by atoms with van der Waals surface area (Å²) in [7, 11) is 0. The molecular formula is C14H16FN3S. The molecule has 0 saturated heterocycles. The first-order chi connectivity index (χ1) is 9.04. The van der Waals surface area contributed by atoms with Gasteiger partial charge in [-0.1, -0.05) is 0 Å². The van der Waals surface area contributed by atoms with Crippen LogP contribution in [-0.4, -0.2) is 16.0 Å². The highest BCUT2D eigenvalue weighted by Gasteiger charge is 2.09. The fourth-order valence-electron chi connectivity index (χ4n) is 1.73. The zero-order valence-electron chi connectivity index (χ0n) is 10.9. The second-order valence-corrected chi connectivity index (χ2v) is 5.53. The van der Waals surface area contributed by atoms with Gasteiger partial charge in [0, 0.05) is 22.8 Å². The minimum atomic E-state index is -0.245. The van der Waals surface area contributed by atoms with Crippen molar-refractivity contribution in [1.82, 2.24) is 9.97 Å². The van der Waals surface area contributed by atoms with E-state index in [-0.39, 0.29) is 11.9 Å². The highest BCUT2D eigenvalue weighted by atomic mass is 32.2. The molecule has 0 spiro atoms. The van der Waals surface area contributed by atoms with Gasteiger partial charge in [0.2, 0.25) is 0 Å². The molecule has 100 valence electrons. The number of rotatable bonds is 4. The summed E-state index contributed by atoms with van der Waals surface area (Å²) in [5.74, 6) is -0.245. The predicted octanol–water partition coefficient (Wildman–Crippen LogP) is 2.97. The van der Waals surface area contributed by atoms with Gasteiger partial charge in [-0.3, -0.25) is 0 Å². The number of nitrogens with zero attached hydrogens (tertiary/aromatic N) is 2. The highest BCUT2D eigenvalue weighted by Crippen LogP contribution is 2.29. The second kappa shape index (κ2) is 6.12. The Hall–Kier alpha value is -1.46. The van der Waals surface area contributed by atoms with Gasteiger partial charge in [-0.2, -0.15) is 0 Å². The molecule has 2 aromatic rings. The van der Waals surface area contributed by atoms with E-state index in [1.807, 2.05) is 19.9 Å². The lowest BCUT2D eigenvalue weighted by Gasteiger charge is -2.11. The maximum absolute atomic E-state index is 13.3. The van der Waals surface area contributed by atoms with E-state index in [1.165, 1.54) is 23.9 Å². The minimum Gasteiger partial charge on any atom is -0.328 e. The van der Waals surface area contributed by atoms with Crippen LogP contribution in [0.25, 0.3) is 0 Å². The molecule has 0 saturated carbocycles. The zero-order chi connectivity index (χ0) is 13.8. The third-order valence-electron chi connectivity index (χ3n) is 2.54. The molecule has 5 heteroatoms. The summed E-state index contributed by atoms with van der Waals surface area (Å²) in [6.07, 6.45) is 2.35. The summed E-state index contributed by atoms with van der Waals surface area (Å²) in [6.45, 7) is 3.82. The van der Waals surface area contributed by atoms with E-state index >= 15 is 0 Å². The lowest BCUT2D eigenvalue weighted by atomic mass is 10.1.